The van der Waals surface area contributed by atoms with Gasteiger partial charge in [-0.1, -0.05) is 20.8 Å². The average molecular weight is 387 g/mol. The highest BCUT2D eigenvalue weighted by Crippen LogP contribution is 2.25. The fourth-order valence-electron chi connectivity index (χ4n) is 2.53. The lowest BCUT2D eigenvalue weighted by atomic mass is 9.96. The Morgan fingerprint density at radius 2 is 1.78 bits per heavy atom. The number of methoxy groups -OCH3 is 1. The number of nitrogens with zero attached hydrogens (tertiary/aromatic N) is 1. The van der Waals surface area contributed by atoms with Crippen LogP contribution in [-0.4, -0.2) is 31.5 Å². The van der Waals surface area contributed by atoms with Crippen molar-refractivity contribution in [3.8, 4) is 0 Å². The number of sulfonamides is 1. The molecular weight excluding hydrogens is 366 g/mol. The first-order valence-corrected chi connectivity index (χ1v) is 9.80. The van der Waals surface area contributed by atoms with Crippen LogP contribution >= 0.6 is 0 Å². The highest BCUT2D eigenvalue weighted by atomic mass is 32.2. The zero-order valence-corrected chi connectivity index (χ0v) is 16.3. The Kier molecular flexibility index (Phi) is 4.69. The fourth-order valence-corrected chi connectivity index (χ4v) is 3.58. The Hall–Kier alpha value is -2.87. The number of aromatic nitrogens is 2. The molecule has 0 bridgehead atoms. The van der Waals surface area contributed by atoms with E-state index in [4.69, 9.17) is 0 Å². The Bertz CT molecular complexity index is 1090. The SMILES string of the molecule is COC(=O)c1ccc(S(=O)(=O)Nc2ccc3nc(C(C)(C)C)[nH]c3c2)cc1. The predicted molar refractivity (Wildman–Crippen MR) is 103 cm³/mol. The first kappa shape index (κ1) is 18.9. The lowest BCUT2D eigenvalue weighted by molar-refractivity contribution is 0.0600. The summed E-state index contributed by atoms with van der Waals surface area (Å²) >= 11 is 0. The van der Waals surface area contributed by atoms with Gasteiger partial charge in [0.05, 0.1) is 34.3 Å². The second kappa shape index (κ2) is 6.70. The van der Waals surface area contributed by atoms with Gasteiger partial charge in [-0.15, -0.1) is 0 Å². The zero-order chi connectivity index (χ0) is 19.8. The van der Waals surface area contributed by atoms with Crippen LogP contribution in [0, 0.1) is 0 Å². The molecule has 27 heavy (non-hydrogen) atoms. The van der Waals surface area contributed by atoms with Crippen LogP contribution in [0.3, 0.4) is 0 Å². The van der Waals surface area contributed by atoms with Crippen molar-refractivity contribution in [2.24, 2.45) is 0 Å². The molecule has 2 N–H and O–H groups in total. The number of hydrogen-bond donors (Lipinski definition) is 2. The van der Waals surface area contributed by atoms with E-state index in [1.807, 2.05) is 20.8 Å². The topological polar surface area (TPSA) is 101 Å². The van der Waals surface area contributed by atoms with Gasteiger partial charge in [0, 0.05) is 5.41 Å². The molecule has 0 amide bonds. The van der Waals surface area contributed by atoms with Crippen molar-refractivity contribution in [1.82, 2.24) is 9.97 Å². The minimum atomic E-state index is -3.79. The molecule has 0 aliphatic heterocycles. The zero-order valence-electron chi connectivity index (χ0n) is 15.5. The Labute approximate surface area is 157 Å². The van der Waals surface area contributed by atoms with Gasteiger partial charge >= 0.3 is 5.97 Å². The van der Waals surface area contributed by atoms with Crippen molar-refractivity contribution < 1.29 is 17.9 Å². The molecule has 1 aromatic heterocycles. The number of fused-ring (bicyclic) bond motifs is 1. The number of anilines is 1. The van der Waals surface area contributed by atoms with Crippen molar-refractivity contribution in [3.05, 3.63) is 53.9 Å². The lowest BCUT2D eigenvalue weighted by Crippen LogP contribution is -2.13. The molecular formula is C19H21N3O4S. The van der Waals surface area contributed by atoms with Gasteiger partial charge in [-0.25, -0.2) is 18.2 Å². The van der Waals surface area contributed by atoms with Crippen LogP contribution in [0.25, 0.3) is 11.0 Å². The van der Waals surface area contributed by atoms with E-state index in [0.29, 0.717) is 5.69 Å². The van der Waals surface area contributed by atoms with E-state index in [2.05, 4.69) is 19.4 Å². The maximum atomic E-state index is 12.6. The third kappa shape index (κ3) is 3.95. The van der Waals surface area contributed by atoms with Gasteiger partial charge in [0.15, 0.2) is 0 Å². The van der Waals surface area contributed by atoms with E-state index in [0.717, 1.165) is 16.9 Å². The molecule has 0 spiro atoms. The van der Waals surface area contributed by atoms with Gasteiger partial charge in [0.25, 0.3) is 10.0 Å². The molecule has 0 saturated heterocycles. The van der Waals surface area contributed by atoms with Crippen LogP contribution in [0.2, 0.25) is 0 Å². The molecule has 2 aromatic carbocycles. The molecule has 0 fully saturated rings. The fraction of sp³-hybridized carbons (Fsp3) is 0.263. The number of carbonyl (C=O) groups is 1. The number of carbonyl (C=O) groups excluding carboxylic acids is 1. The lowest BCUT2D eigenvalue weighted by Gasteiger charge is -2.13. The summed E-state index contributed by atoms with van der Waals surface area (Å²) in [6.07, 6.45) is 0. The van der Waals surface area contributed by atoms with E-state index >= 15 is 0 Å². The number of aromatic amines is 1. The number of benzene rings is 2. The molecule has 1 heterocycles. The number of rotatable bonds is 4. The molecule has 8 heteroatoms. The maximum Gasteiger partial charge on any atom is 0.337 e. The number of H-pyrrole nitrogens is 1. The summed E-state index contributed by atoms with van der Waals surface area (Å²) in [5, 5.41) is 0. The summed E-state index contributed by atoms with van der Waals surface area (Å²) in [7, 11) is -2.52. The van der Waals surface area contributed by atoms with Crippen molar-refractivity contribution in [2.75, 3.05) is 11.8 Å². The largest absolute Gasteiger partial charge is 0.465 e. The van der Waals surface area contributed by atoms with Crippen molar-refractivity contribution in [2.45, 2.75) is 31.1 Å². The predicted octanol–water partition coefficient (Wildman–Crippen LogP) is 3.45. The van der Waals surface area contributed by atoms with Gasteiger partial charge in [0.2, 0.25) is 0 Å². The maximum absolute atomic E-state index is 12.6. The summed E-state index contributed by atoms with van der Waals surface area (Å²) in [6, 6.07) is 10.7. The number of imidazole rings is 1. The van der Waals surface area contributed by atoms with Gasteiger partial charge in [-0.05, 0) is 42.5 Å². The van der Waals surface area contributed by atoms with Crippen LogP contribution in [0.1, 0.15) is 37.0 Å². The third-order valence-corrected chi connectivity index (χ3v) is 5.43. The van der Waals surface area contributed by atoms with Crippen molar-refractivity contribution in [3.63, 3.8) is 0 Å². The summed E-state index contributed by atoms with van der Waals surface area (Å²) in [6.45, 7) is 6.14. The van der Waals surface area contributed by atoms with E-state index in [-0.39, 0.29) is 15.9 Å². The van der Waals surface area contributed by atoms with Crippen molar-refractivity contribution in [1.29, 1.82) is 0 Å². The molecule has 0 unspecified atom stereocenters. The molecule has 7 nitrogen and oxygen atoms in total. The highest BCUT2D eigenvalue weighted by Gasteiger charge is 2.19. The smallest absolute Gasteiger partial charge is 0.337 e. The average Bonchev–Trinajstić information content (AvgIpc) is 3.04. The van der Waals surface area contributed by atoms with Crippen LogP contribution in [0.4, 0.5) is 5.69 Å². The molecule has 0 saturated carbocycles. The minimum absolute atomic E-state index is 0.0511. The van der Waals surface area contributed by atoms with E-state index in [1.54, 1.807) is 18.2 Å². The molecule has 3 rings (SSSR count). The molecule has 3 aromatic rings. The first-order valence-electron chi connectivity index (χ1n) is 8.31. The first-order chi connectivity index (χ1) is 12.6. The molecule has 0 atom stereocenters. The molecule has 0 aliphatic carbocycles. The summed E-state index contributed by atoms with van der Waals surface area (Å²) in [5.74, 6) is 0.308. The number of hydrogen-bond acceptors (Lipinski definition) is 5. The molecule has 0 aliphatic rings. The van der Waals surface area contributed by atoms with E-state index < -0.39 is 16.0 Å². The van der Waals surface area contributed by atoms with E-state index in [1.165, 1.54) is 31.4 Å². The summed E-state index contributed by atoms with van der Waals surface area (Å²) in [4.78, 5) is 19.3. The van der Waals surface area contributed by atoms with Gasteiger partial charge < -0.3 is 9.72 Å². The number of ether oxygens (including phenoxy) is 1. The van der Waals surface area contributed by atoms with Gasteiger partial charge in [0.1, 0.15) is 5.82 Å². The minimum Gasteiger partial charge on any atom is -0.465 e. The highest BCUT2D eigenvalue weighted by molar-refractivity contribution is 7.92. The van der Waals surface area contributed by atoms with E-state index in [9.17, 15) is 13.2 Å². The van der Waals surface area contributed by atoms with Crippen LogP contribution < -0.4 is 4.72 Å². The van der Waals surface area contributed by atoms with Crippen LogP contribution in [-0.2, 0) is 20.2 Å². The third-order valence-electron chi connectivity index (χ3n) is 4.03. The number of esters is 1. The molecule has 0 radical (unpaired) electrons. The van der Waals surface area contributed by atoms with Gasteiger partial charge in [-0.3, -0.25) is 4.72 Å². The normalized spacial score (nSPS) is 12.1. The second-order valence-corrected chi connectivity index (χ2v) is 8.87. The summed E-state index contributed by atoms with van der Waals surface area (Å²) in [5.41, 5.74) is 2.08. The van der Waals surface area contributed by atoms with Crippen LogP contribution in [0.5, 0.6) is 0 Å². The van der Waals surface area contributed by atoms with Crippen molar-refractivity contribution >= 4 is 32.7 Å². The van der Waals surface area contributed by atoms with Gasteiger partial charge in [-0.2, -0.15) is 0 Å². The second-order valence-electron chi connectivity index (χ2n) is 7.19. The summed E-state index contributed by atoms with van der Waals surface area (Å²) < 4.78 is 32.4. The Balaban J connectivity index is 1.88. The molecule has 142 valence electrons. The monoisotopic (exact) mass is 387 g/mol. The quantitative estimate of drug-likeness (QED) is 0.668. The standard InChI is InChI=1S/C19H21N3O4S/c1-19(2,3)18-20-15-10-7-13(11-16(15)21-18)22-27(24,25)14-8-5-12(6-9-14)17(23)26-4/h5-11,22H,1-4H3,(H,20,21). The Morgan fingerprint density at radius 1 is 1.11 bits per heavy atom. The Morgan fingerprint density at radius 3 is 2.37 bits per heavy atom. The number of nitrogens with one attached hydrogen (secondary N) is 2. The van der Waals surface area contributed by atoms with Crippen LogP contribution in [0.15, 0.2) is 47.4 Å².